The van der Waals surface area contributed by atoms with E-state index in [4.69, 9.17) is 4.74 Å². The number of ether oxygens (including phenoxy) is 1. The quantitative estimate of drug-likeness (QED) is 0.795. The van der Waals surface area contributed by atoms with Crippen LogP contribution in [0, 0.1) is 5.41 Å². The van der Waals surface area contributed by atoms with Gasteiger partial charge in [0.05, 0.1) is 0 Å². The molecule has 1 aromatic rings. The van der Waals surface area contributed by atoms with Gasteiger partial charge in [0.15, 0.2) is 0 Å². The molecule has 0 aromatic heterocycles. The van der Waals surface area contributed by atoms with Crippen molar-refractivity contribution in [2.24, 2.45) is 5.41 Å². The molecule has 0 radical (unpaired) electrons. The molecule has 0 unspecified atom stereocenters. The molecule has 1 saturated heterocycles. The monoisotopic (exact) mass is 288 g/mol. The first-order valence-electron chi connectivity index (χ1n) is 8.36. The molecule has 3 heteroatoms. The van der Waals surface area contributed by atoms with Gasteiger partial charge in [-0.15, -0.1) is 0 Å². The molecule has 21 heavy (non-hydrogen) atoms. The summed E-state index contributed by atoms with van der Waals surface area (Å²) < 4.78 is 5.23. The lowest BCUT2D eigenvalue weighted by molar-refractivity contribution is 0.171. The zero-order chi connectivity index (χ0) is 14.5. The maximum absolute atomic E-state index is 5.23. The van der Waals surface area contributed by atoms with Gasteiger partial charge >= 0.3 is 0 Å². The molecule has 3 nitrogen and oxygen atoms in total. The summed E-state index contributed by atoms with van der Waals surface area (Å²) in [6, 6.07) is 8.88. The third kappa shape index (κ3) is 3.78. The molecule has 0 amide bonds. The molecule has 2 aliphatic rings. The summed E-state index contributed by atoms with van der Waals surface area (Å²) in [5.74, 6) is 0. The Hall–Kier alpha value is -1.06. The number of benzene rings is 1. The topological polar surface area (TPSA) is 24.5 Å². The third-order valence-corrected chi connectivity index (χ3v) is 5.05. The maximum atomic E-state index is 5.23. The van der Waals surface area contributed by atoms with Gasteiger partial charge in [-0.3, -0.25) is 0 Å². The van der Waals surface area contributed by atoms with Crippen LogP contribution in [0.25, 0.3) is 0 Å². The van der Waals surface area contributed by atoms with Crippen LogP contribution in [0.2, 0.25) is 0 Å². The Morgan fingerprint density at radius 1 is 1.19 bits per heavy atom. The van der Waals surface area contributed by atoms with Crippen LogP contribution in [0.4, 0.5) is 5.69 Å². The summed E-state index contributed by atoms with van der Waals surface area (Å²) in [6.45, 7) is 5.45. The minimum atomic E-state index is 0.526. The molecular formula is C18H28N2O. The average Bonchev–Trinajstić information content (AvgIpc) is 3.07. The molecule has 1 aromatic carbocycles. The van der Waals surface area contributed by atoms with Crippen LogP contribution in [0.3, 0.4) is 0 Å². The second kappa shape index (κ2) is 6.80. The van der Waals surface area contributed by atoms with Crippen LogP contribution in [0.1, 0.15) is 37.7 Å². The second-order valence-electron chi connectivity index (χ2n) is 6.67. The van der Waals surface area contributed by atoms with Gasteiger partial charge in [-0.2, -0.15) is 0 Å². The Morgan fingerprint density at radius 3 is 2.67 bits per heavy atom. The van der Waals surface area contributed by atoms with Crippen molar-refractivity contribution in [3.63, 3.8) is 0 Å². The largest absolute Gasteiger partial charge is 0.385 e. The first kappa shape index (κ1) is 14.9. The van der Waals surface area contributed by atoms with Crippen molar-refractivity contribution in [1.82, 2.24) is 5.32 Å². The van der Waals surface area contributed by atoms with E-state index >= 15 is 0 Å². The normalized spacial score (nSPS) is 20.0. The van der Waals surface area contributed by atoms with Crippen molar-refractivity contribution in [1.29, 1.82) is 0 Å². The molecule has 116 valence electrons. The molecule has 1 saturated carbocycles. The van der Waals surface area contributed by atoms with Crippen LogP contribution in [0.15, 0.2) is 24.3 Å². The van der Waals surface area contributed by atoms with E-state index in [9.17, 15) is 0 Å². The highest BCUT2D eigenvalue weighted by molar-refractivity contribution is 5.54. The van der Waals surface area contributed by atoms with Crippen LogP contribution in [0.5, 0.6) is 0 Å². The molecule has 0 bridgehead atoms. The van der Waals surface area contributed by atoms with Crippen molar-refractivity contribution < 1.29 is 4.74 Å². The predicted molar refractivity (Wildman–Crippen MR) is 87.8 cm³/mol. The molecule has 3 rings (SSSR count). The SMILES string of the molecule is COCCC1(CNCc2ccccc2N2CCCC2)CC1. The number of nitrogens with one attached hydrogen (secondary N) is 1. The minimum Gasteiger partial charge on any atom is -0.385 e. The Labute approximate surface area is 128 Å². The Kier molecular flexibility index (Phi) is 4.81. The zero-order valence-corrected chi connectivity index (χ0v) is 13.2. The van der Waals surface area contributed by atoms with Gasteiger partial charge in [-0.05, 0) is 49.1 Å². The highest BCUT2D eigenvalue weighted by atomic mass is 16.5. The lowest BCUT2D eigenvalue weighted by Gasteiger charge is -2.22. The summed E-state index contributed by atoms with van der Waals surface area (Å²) in [4.78, 5) is 2.54. The van der Waals surface area contributed by atoms with Gasteiger partial charge < -0.3 is 15.0 Å². The van der Waals surface area contributed by atoms with Gasteiger partial charge in [0.2, 0.25) is 0 Å². The Balaban J connectivity index is 1.53. The molecule has 1 aliphatic heterocycles. The molecule has 1 heterocycles. The highest BCUT2D eigenvalue weighted by Gasteiger charge is 2.41. The average molecular weight is 288 g/mol. The van der Waals surface area contributed by atoms with E-state index in [0.717, 1.165) is 19.7 Å². The Bertz CT molecular complexity index is 450. The van der Waals surface area contributed by atoms with Crippen molar-refractivity contribution in [3.8, 4) is 0 Å². The lowest BCUT2D eigenvalue weighted by atomic mass is 10.0. The van der Waals surface area contributed by atoms with Crippen LogP contribution < -0.4 is 10.2 Å². The number of rotatable bonds is 8. The number of para-hydroxylation sites is 1. The summed E-state index contributed by atoms with van der Waals surface area (Å²) in [7, 11) is 1.80. The van der Waals surface area contributed by atoms with Crippen LogP contribution in [-0.4, -0.2) is 33.4 Å². The number of methoxy groups -OCH3 is 1. The van der Waals surface area contributed by atoms with Gasteiger partial charge in [0.1, 0.15) is 0 Å². The van der Waals surface area contributed by atoms with E-state index in [2.05, 4.69) is 34.5 Å². The van der Waals surface area contributed by atoms with E-state index in [1.807, 2.05) is 0 Å². The van der Waals surface area contributed by atoms with Gasteiger partial charge in [0, 0.05) is 45.6 Å². The van der Waals surface area contributed by atoms with Crippen molar-refractivity contribution >= 4 is 5.69 Å². The van der Waals surface area contributed by atoms with Crippen LogP contribution >= 0.6 is 0 Å². The number of hydrogen-bond donors (Lipinski definition) is 1. The van der Waals surface area contributed by atoms with E-state index in [0.29, 0.717) is 5.41 Å². The van der Waals surface area contributed by atoms with Crippen molar-refractivity contribution in [2.45, 2.75) is 38.6 Å². The Morgan fingerprint density at radius 2 is 1.95 bits per heavy atom. The molecule has 1 aliphatic carbocycles. The smallest absolute Gasteiger partial charge is 0.0468 e. The first-order valence-corrected chi connectivity index (χ1v) is 8.36. The van der Waals surface area contributed by atoms with E-state index in [1.165, 1.54) is 56.4 Å². The van der Waals surface area contributed by atoms with Gasteiger partial charge in [-0.25, -0.2) is 0 Å². The fourth-order valence-electron chi connectivity index (χ4n) is 3.40. The predicted octanol–water partition coefficient (Wildman–Crippen LogP) is 3.19. The van der Waals surface area contributed by atoms with E-state index in [1.54, 1.807) is 7.11 Å². The second-order valence-corrected chi connectivity index (χ2v) is 6.67. The first-order chi connectivity index (χ1) is 10.3. The molecule has 0 spiro atoms. The standard InChI is InChI=1S/C18H28N2O/c1-21-13-10-18(8-9-18)15-19-14-16-6-2-3-7-17(16)20-11-4-5-12-20/h2-3,6-7,19H,4-5,8-15H2,1H3. The summed E-state index contributed by atoms with van der Waals surface area (Å²) in [5, 5.41) is 3.70. The molecule has 2 fully saturated rings. The van der Waals surface area contributed by atoms with Crippen LogP contribution in [-0.2, 0) is 11.3 Å². The number of nitrogens with zero attached hydrogens (tertiary/aromatic N) is 1. The zero-order valence-electron chi connectivity index (χ0n) is 13.2. The molecule has 1 N–H and O–H groups in total. The number of hydrogen-bond acceptors (Lipinski definition) is 3. The number of anilines is 1. The summed E-state index contributed by atoms with van der Waals surface area (Å²) in [6.07, 6.45) is 6.59. The summed E-state index contributed by atoms with van der Waals surface area (Å²) >= 11 is 0. The fraction of sp³-hybridized carbons (Fsp3) is 0.667. The van der Waals surface area contributed by atoms with Crippen molar-refractivity contribution in [3.05, 3.63) is 29.8 Å². The highest BCUT2D eigenvalue weighted by Crippen LogP contribution is 2.48. The maximum Gasteiger partial charge on any atom is 0.0468 e. The van der Waals surface area contributed by atoms with E-state index < -0.39 is 0 Å². The molecular weight excluding hydrogens is 260 g/mol. The lowest BCUT2D eigenvalue weighted by Crippen LogP contribution is -2.26. The third-order valence-electron chi connectivity index (χ3n) is 5.05. The van der Waals surface area contributed by atoms with Crippen molar-refractivity contribution in [2.75, 3.05) is 38.3 Å². The summed E-state index contributed by atoms with van der Waals surface area (Å²) in [5.41, 5.74) is 3.41. The minimum absolute atomic E-state index is 0.526. The fourth-order valence-corrected chi connectivity index (χ4v) is 3.40. The van der Waals surface area contributed by atoms with E-state index in [-0.39, 0.29) is 0 Å². The molecule has 0 atom stereocenters. The van der Waals surface area contributed by atoms with Gasteiger partial charge in [0.25, 0.3) is 0 Å². The van der Waals surface area contributed by atoms with Gasteiger partial charge in [-0.1, -0.05) is 18.2 Å².